The largest absolute Gasteiger partial charge is 0.466 e. The predicted octanol–water partition coefficient (Wildman–Crippen LogP) is 4.03. The highest BCUT2D eigenvalue weighted by Gasteiger charge is 2.65. The molecule has 9 heteroatoms. The molecular weight excluding hydrogens is 293 g/mol. The molecule has 0 aliphatic heterocycles. The molecule has 0 fully saturated rings. The molecule has 1 rings (SSSR count). The van der Waals surface area contributed by atoms with E-state index >= 15 is 0 Å². The Kier molecular flexibility index (Phi) is 3.26. The Labute approximate surface area is 106 Å². The van der Waals surface area contributed by atoms with E-state index in [4.69, 9.17) is 5.73 Å². The molecule has 0 saturated carbocycles. The third-order valence-corrected chi connectivity index (χ3v) is 3.35. The Bertz CT molecular complexity index is 514. The van der Waals surface area contributed by atoms with E-state index in [0.717, 1.165) is 6.07 Å². The molecule has 1 aromatic carbocycles. The monoisotopic (exact) mass is 305 g/mol. The maximum atomic E-state index is 12.5. The number of carbonyl (C=O) groups is 1. The fourth-order valence-corrected chi connectivity index (χ4v) is 2.02. The topological polar surface area (TPSA) is 52.3 Å². The first-order valence-corrected chi connectivity index (χ1v) is 7.06. The number of benzene rings is 1. The van der Waals surface area contributed by atoms with Crippen LogP contribution in [0, 0.1) is 0 Å². The maximum Gasteiger partial charge on any atom is 0.310 e. The van der Waals surface area contributed by atoms with Gasteiger partial charge in [0.1, 0.15) is 4.90 Å². The van der Waals surface area contributed by atoms with Crippen LogP contribution in [-0.4, -0.2) is 12.6 Å². The number of nitrogen functional groups attached to an aromatic ring is 1. The minimum Gasteiger partial charge on any atom is -0.466 e. The number of anilines is 1. The van der Waals surface area contributed by atoms with Crippen molar-refractivity contribution in [3.63, 3.8) is 0 Å². The number of ether oxygens (including phenoxy) is 1. The molecule has 1 aromatic rings. The maximum absolute atomic E-state index is 12.5. The van der Waals surface area contributed by atoms with Crippen LogP contribution in [0.3, 0.4) is 0 Å². The zero-order valence-electron chi connectivity index (χ0n) is 9.84. The van der Waals surface area contributed by atoms with Crippen LogP contribution in [0.25, 0.3) is 0 Å². The quantitative estimate of drug-likeness (QED) is 0.519. The minimum atomic E-state index is -9.74. The summed E-state index contributed by atoms with van der Waals surface area (Å²) in [5.41, 5.74) is 4.73. The standard InChI is InChI=1S/C10H12F5NO2S/c1-2-18-10(17)5-7-3-4-8(6-9(7)16)19(11,12,13,14)15/h3-4,6H,2,5,16H2,1H3. The van der Waals surface area contributed by atoms with E-state index in [-0.39, 0.29) is 30.7 Å². The molecule has 0 spiro atoms. The van der Waals surface area contributed by atoms with Crippen molar-refractivity contribution in [3.05, 3.63) is 23.8 Å². The van der Waals surface area contributed by atoms with E-state index in [0.29, 0.717) is 0 Å². The van der Waals surface area contributed by atoms with Gasteiger partial charge in [-0.25, -0.2) is 0 Å². The molecule has 0 saturated heterocycles. The first kappa shape index (κ1) is 15.5. The lowest BCUT2D eigenvalue weighted by Gasteiger charge is -2.40. The summed E-state index contributed by atoms with van der Waals surface area (Å²) in [4.78, 5) is 9.05. The minimum absolute atomic E-state index is 0.00375. The molecule has 0 aliphatic rings. The average molecular weight is 305 g/mol. The Balaban J connectivity index is 3.10. The van der Waals surface area contributed by atoms with Crippen molar-refractivity contribution in [2.45, 2.75) is 18.2 Å². The first-order valence-electron chi connectivity index (χ1n) is 5.11. The third kappa shape index (κ3) is 4.27. The van der Waals surface area contributed by atoms with E-state index in [9.17, 15) is 24.2 Å². The van der Waals surface area contributed by atoms with Gasteiger partial charge in [-0.2, -0.15) is 0 Å². The van der Waals surface area contributed by atoms with Gasteiger partial charge in [-0.1, -0.05) is 25.5 Å². The van der Waals surface area contributed by atoms with E-state index < -0.39 is 26.8 Å². The van der Waals surface area contributed by atoms with Gasteiger partial charge in [-0.05, 0) is 24.6 Å². The summed E-state index contributed by atoms with van der Waals surface area (Å²) in [7, 11) is -9.74. The van der Waals surface area contributed by atoms with Crippen molar-refractivity contribution < 1.29 is 29.0 Å². The number of hydrogen-bond donors (Lipinski definition) is 1. The summed E-state index contributed by atoms with van der Waals surface area (Å²) in [6, 6.07) is 1.10. The molecule has 0 amide bonds. The normalized spacial score (nSPS) is 15.5. The Hall–Kier alpha value is -1.51. The van der Waals surface area contributed by atoms with Crippen molar-refractivity contribution in [2.24, 2.45) is 0 Å². The van der Waals surface area contributed by atoms with Crippen LogP contribution in [0.5, 0.6) is 0 Å². The third-order valence-electron chi connectivity index (χ3n) is 2.20. The van der Waals surface area contributed by atoms with Gasteiger partial charge in [-0.15, -0.1) is 0 Å². The number of esters is 1. The van der Waals surface area contributed by atoms with E-state index in [1.165, 1.54) is 0 Å². The number of hydrogen-bond acceptors (Lipinski definition) is 3. The highest BCUT2D eigenvalue weighted by atomic mass is 32.5. The van der Waals surface area contributed by atoms with Gasteiger partial charge < -0.3 is 10.5 Å². The van der Waals surface area contributed by atoms with Crippen molar-refractivity contribution in [1.82, 2.24) is 0 Å². The molecule has 0 bridgehead atoms. The Morgan fingerprint density at radius 2 is 1.84 bits per heavy atom. The second kappa shape index (κ2) is 3.99. The smallest absolute Gasteiger partial charge is 0.310 e. The molecule has 0 unspecified atom stereocenters. The van der Waals surface area contributed by atoms with Crippen LogP contribution in [0.15, 0.2) is 23.1 Å². The van der Waals surface area contributed by atoms with Crippen molar-refractivity contribution in [2.75, 3.05) is 12.3 Å². The lowest BCUT2D eigenvalue weighted by atomic mass is 10.1. The zero-order chi connectivity index (χ0) is 15.0. The molecule has 0 atom stereocenters. The summed E-state index contributed by atoms with van der Waals surface area (Å²) in [5, 5.41) is 0. The van der Waals surface area contributed by atoms with Crippen molar-refractivity contribution in [1.29, 1.82) is 0 Å². The van der Waals surface area contributed by atoms with Gasteiger partial charge in [0.15, 0.2) is 0 Å². The van der Waals surface area contributed by atoms with E-state index in [1.54, 1.807) is 6.92 Å². The number of nitrogens with two attached hydrogens (primary N) is 1. The highest BCUT2D eigenvalue weighted by Crippen LogP contribution is 3.02. The molecule has 3 nitrogen and oxygen atoms in total. The fourth-order valence-electron chi connectivity index (χ4n) is 1.34. The molecular formula is C10H12F5NO2S. The lowest BCUT2D eigenvalue weighted by molar-refractivity contribution is -0.142. The fraction of sp³-hybridized carbons (Fsp3) is 0.300. The molecule has 0 heterocycles. The van der Waals surface area contributed by atoms with Gasteiger partial charge in [0, 0.05) is 5.69 Å². The number of carbonyl (C=O) groups excluding carboxylic acids is 1. The number of halogens is 5. The van der Waals surface area contributed by atoms with Crippen LogP contribution in [-0.2, 0) is 16.0 Å². The summed E-state index contributed by atoms with van der Waals surface area (Å²) in [6.45, 7) is 1.65. The number of rotatable bonds is 4. The summed E-state index contributed by atoms with van der Waals surface area (Å²) in [5.74, 6) is -0.700. The van der Waals surface area contributed by atoms with Gasteiger partial charge in [-0.3, -0.25) is 4.79 Å². The lowest BCUT2D eigenvalue weighted by Crippen LogP contribution is -2.11. The van der Waals surface area contributed by atoms with Crippen molar-refractivity contribution >= 4 is 21.9 Å². The predicted molar refractivity (Wildman–Crippen MR) is 62.6 cm³/mol. The van der Waals surface area contributed by atoms with Crippen molar-refractivity contribution in [3.8, 4) is 0 Å². The summed E-state index contributed by atoms with van der Waals surface area (Å²) >= 11 is 0. The first-order chi connectivity index (χ1) is 8.33. The van der Waals surface area contributed by atoms with Gasteiger partial charge >= 0.3 is 16.2 Å². The summed E-state index contributed by atoms with van der Waals surface area (Å²) < 4.78 is 67.1. The van der Waals surface area contributed by atoms with Crippen LogP contribution in [0.4, 0.5) is 25.1 Å². The molecule has 0 aromatic heterocycles. The van der Waals surface area contributed by atoms with Crippen LogP contribution in [0.2, 0.25) is 0 Å². The van der Waals surface area contributed by atoms with Crippen LogP contribution in [0.1, 0.15) is 12.5 Å². The molecule has 19 heavy (non-hydrogen) atoms. The second-order valence-corrected chi connectivity index (χ2v) is 6.22. The summed E-state index contributed by atoms with van der Waals surface area (Å²) in [6.07, 6.45) is -0.375. The average Bonchev–Trinajstić information content (AvgIpc) is 2.17. The second-order valence-electron chi connectivity index (χ2n) is 3.81. The van der Waals surface area contributed by atoms with Gasteiger partial charge in [0.25, 0.3) is 0 Å². The molecule has 2 N–H and O–H groups in total. The molecule has 0 aliphatic carbocycles. The zero-order valence-corrected chi connectivity index (χ0v) is 10.7. The Morgan fingerprint density at radius 3 is 2.26 bits per heavy atom. The SMILES string of the molecule is CCOC(=O)Cc1ccc(S(F)(F)(F)(F)F)cc1N. The van der Waals surface area contributed by atoms with Crippen LogP contribution < -0.4 is 5.73 Å². The molecule has 0 radical (unpaired) electrons. The Morgan fingerprint density at radius 1 is 1.26 bits per heavy atom. The van der Waals surface area contributed by atoms with E-state index in [2.05, 4.69) is 4.74 Å². The van der Waals surface area contributed by atoms with E-state index in [1.807, 2.05) is 0 Å². The van der Waals surface area contributed by atoms with Gasteiger partial charge in [0.2, 0.25) is 0 Å². The van der Waals surface area contributed by atoms with Gasteiger partial charge in [0.05, 0.1) is 13.0 Å². The molecule has 110 valence electrons. The van der Waals surface area contributed by atoms with Crippen LogP contribution >= 0.6 is 10.2 Å². The highest BCUT2D eigenvalue weighted by molar-refractivity contribution is 8.45.